The van der Waals surface area contributed by atoms with Crippen molar-refractivity contribution in [1.82, 2.24) is 57.7 Å². The highest BCUT2D eigenvalue weighted by Gasteiger charge is 2.48. The van der Waals surface area contributed by atoms with Gasteiger partial charge in [-0.1, -0.05) is 166 Å². The van der Waals surface area contributed by atoms with Gasteiger partial charge >= 0.3 is 11.9 Å². The molecule has 2 saturated heterocycles. The molecule has 6 heterocycles. The summed E-state index contributed by atoms with van der Waals surface area (Å²) in [5.74, 6) is -8.50. The summed E-state index contributed by atoms with van der Waals surface area (Å²) in [5.41, 5.74) is 2.00. The Bertz CT molecular complexity index is 4460. The Kier molecular flexibility index (Phi) is 26.6. The fourth-order valence-corrected chi connectivity index (χ4v) is 13.6. The van der Waals surface area contributed by atoms with E-state index in [1.54, 1.807) is 109 Å². The second-order valence-electron chi connectivity index (χ2n) is 28.9. The Labute approximate surface area is 626 Å². The molecule has 0 aromatic heterocycles. The minimum Gasteiger partial charge on any atom is -0.490 e. The smallest absolute Gasteiger partial charge is 0.326 e. The maximum atomic E-state index is 15.2. The van der Waals surface area contributed by atoms with Crippen LogP contribution in [0.1, 0.15) is 85.6 Å². The van der Waals surface area contributed by atoms with Crippen LogP contribution in [0.5, 0.6) is 5.75 Å². The molecule has 9 amide bonds. The first kappa shape index (κ1) is 79.2. The van der Waals surface area contributed by atoms with Gasteiger partial charge in [-0.15, -0.1) is 0 Å². The molecular weight excluding hydrogens is 1380 g/mol. The zero-order valence-corrected chi connectivity index (χ0v) is 61.5. The van der Waals surface area contributed by atoms with Gasteiger partial charge in [0.05, 0.1) is 24.8 Å². The molecule has 568 valence electrons. The van der Waals surface area contributed by atoms with Crippen molar-refractivity contribution in [2.75, 3.05) is 40.4 Å². The van der Waals surface area contributed by atoms with E-state index in [2.05, 4.69) is 47.9 Å². The van der Waals surface area contributed by atoms with Gasteiger partial charge in [-0.2, -0.15) is 0 Å². The van der Waals surface area contributed by atoms with Crippen LogP contribution < -0.4 is 52.6 Å². The van der Waals surface area contributed by atoms with Crippen molar-refractivity contribution < 1.29 is 72.4 Å². The van der Waals surface area contributed by atoms with Crippen LogP contribution in [0.15, 0.2) is 176 Å². The molecule has 0 spiro atoms. The number of carbonyl (C=O) groups excluding carboxylic acids is 9. The molecule has 108 heavy (non-hydrogen) atoms. The molecular formula is C82H95N11O15. The summed E-state index contributed by atoms with van der Waals surface area (Å²) >= 11 is 0. The number of carboxylic acid groups (broad SMARTS) is 2. The normalized spacial score (nSPS) is 22.2. The van der Waals surface area contributed by atoms with Crippen LogP contribution in [0.25, 0.3) is 21.5 Å². The lowest BCUT2D eigenvalue weighted by molar-refractivity contribution is -0.145. The van der Waals surface area contributed by atoms with E-state index >= 15 is 19.2 Å². The summed E-state index contributed by atoms with van der Waals surface area (Å²) in [6.45, 7) is 8.20. The zero-order chi connectivity index (χ0) is 77.3. The maximum Gasteiger partial charge on any atom is 0.326 e. The summed E-state index contributed by atoms with van der Waals surface area (Å²) in [5, 5.41) is 50.5. The van der Waals surface area contributed by atoms with Crippen molar-refractivity contribution in [2.24, 2.45) is 5.41 Å². The van der Waals surface area contributed by atoms with Crippen molar-refractivity contribution in [3.05, 3.63) is 209 Å². The van der Waals surface area contributed by atoms with Crippen LogP contribution in [0.2, 0.25) is 0 Å². The zero-order valence-electron chi connectivity index (χ0n) is 61.5. The third kappa shape index (κ3) is 20.8. The second-order valence-corrected chi connectivity index (χ2v) is 28.9. The van der Waals surface area contributed by atoms with Gasteiger partial charge in [0.15, 0.2) is 0 Å². The number of likely N-dealkylation sites (tertiary alicyclic amines) is 2. The van der Waals surface area contributed by atoms with E-state index in [4.69, 9.17) is 9.47 Å². The number of carboxylic acids is 2. The first-order chi connectivity index (χ1) is 51.7. The molecule has 0 aliphatic carbocycles. The number of aliphatic carboxylic acids is 2. The predicted molar refractivity (Wildman–Crippen MR) is 405 cm³/mol. The van der Waals surface area contributed by atoms with Crippen molar-refractivity contribution in [3.63, 3.8) is 0 Å². The van der Waals surface area contributed by atoms with Crippen LogP contribution in [-0.4, -0.2) is 198 Å². The SMILES string of the molecule is CN[C@@H](C)C(=O)N[C@@H](Cc1ccccc1)C(=O)N1C[C@@H]2C[C@H]1C(=O)N[C@@H](Cc1ccc3ccccc3c1)C(=O)N[C@H](C(=O)O)Cc1ccc(cc1)C(=O)N[C@H]1C[C@@H](C(=O)N[C@@H](Cc3ccc4ccccc4c3)C(=O)N[C@H](C(=O)O)Cc3ccc(cc3)OC/C=C/CO2)N(C(=O)[C@@H](NC(=O)[C@H](C)NC)C(C)(C)C)C1. The van der Waals surface area contributed by atoms with Crippen LogP contribution >= 0.6 is 0 Å². The monoisotopic (exact) mass is 1470 g/mol. The number of rotatable bonds is 16. The number of carbonyl (C=O) groups is 11. The summed E-state index contributed by atoms with van der Waals surface area (Å²) in [6, 6.07) is 34.3. The summed E-state index contributed by atoms with van der Waals surface area (Å²) < 4.78 is 12.4. The molecule has 12 atom stereocenters. The lowest BCUT2D eigenvalue weighted by Gasteiger charge is -2.36. The third-order valence-electron chi connectivity index (χ3n) is 20.0. The first-order valence-electron chi connectivity index (χ1n) is 36.3. The predicted octanol–water partition coefficient (Wildman–Crippen LogP) is 4.48. The molecule has 2 fully saturated rings. The Balaban J connectivity index is 0.978. The molecule has 13 rings (SSSR count). The van der Waals surface area contributed by atoms with E-state index in [0.717, 1.165) is 27.1 Å². The molecule has 26 heteroatoms. The molecule has 11 N–H and O–H groups in total. The Hall–Kier alpha value is -11.3. The molecule has 0 unspecified atom stereocenters. The van der Waals surface area contributed by atoms with Gasteiger partial charge < -0.3 is 77.3 Å². The number of hydrogen-bond donors (Lipinski definition) is 11. The molecule has 7 aromatic carbocycles. The van der Waals surface area contributed by atoms with Crippen LogP contribution in [0, 0.1) is 5.41 Å². The fraction of sp³-hybridized carbons (Fsp3) is 0.378. The van der Waals surface area contributed by atoms with Crippen LogP contribution in [0.3, 0.4) is 0 Å². The van der Waals surface area contributed by atoms with Gasteiger partial charge in [0, 0.05) is 63.2 Å². The Morgan fingerprint density at radius 2 is 1.00 bits per heavy atom. The van der Waals surface area contributed by atoms with E-state index in [-0.39, 0.29) is 76.8 Å². The van der Waals surface area contributed by atoms with E-state index in [9.17, 15) is 43.8 Å². The fourth-order valence-electron chi connectivity index (χ4n) is 13.6. The lowest BCUT2D eigenvalue weighted by Crippen LogP contribution is -2.61. The molecule has 7 aromatic rings. The topological polar surface area (TPSA) is 361 Å². The van der Waals surface area contributed by atoms with E-state index in [1.807, 2.05) is 91.0 Å². The summed E-state index contributed by atoms with van der Waals surface area (Å²) in [6.07, 6.45) is 1.73. The van der Waals surface area contributed by atoms with Crippen molar-refractivity contribution in [3.8, 4) is 5.75 Å². The largest absolute Gasteiger partial charge is 0.490 e. The number of fused-ring (bicyclic) bond motifs is 2. The van der Waals surface area contributed by atoms with Crippen molar-refractivity contribution in [1.29, 1.82) is 0 Å². The van der Waals surface area contributed by atoms with E-state index < -0.39 is 143 Å². The highest BCUT2D eigenvalue weighted by molar-refractivity contribution is 5.99. The van der Waals surface area contributed by atoms with Gasteiger partial charge in [-0.05, 0) is 119 Å². The molecule has 8 bridgehead atoms. The average molecular weight is 1470 g/mol. The van der Waals surface area contributed by atoms with E-state index in [1.165, 1.54) is 34.1 Å². The van der Waals surface area contributed by atoms with Gasteiger partial charge in [0.2, 0.25) is 47.3 Å². The number of benzene rings is 7. The Morgan fingerprint density at radius 1 is 0.519 bits per heavy atom. The molecule has 0 radical (unpaired) electrons. The number of amides is 9. The summed E-state index contributed by atoms with van der Waals surface area (Å²) in [7, 11) is 3.19. The third-order valence-corrected chi connectivity index (χ3v) is 20.0. The van der Waals surface area contributed by atoms with Gasteiger partial charge in [-0.3, -0.25) is 43.2 Å². The van der Waals surface area contributed by atoms with Crippen LogP contribution in [-0.2, 0) is 84.8 Å². The molecule has 6 aliphatic rings. The Morgan fingerprint density at radius 3 is 1.52 bits per heavy atom. The first-order valence-corrected chi connectivity index (χ1v) is 36.3. The second kappa shape index (κ2) is 36.3. The van der Waals surface area contributed by atoms with E-state index in [0.29, 0.717) is 28.0 Å². The highest BCUT2D eigenvalue weighted by Crippen LogP contribution is 2.29. The molecule has 0 saturated carbocycles. The number of ether oxygens (including phenoxy) is 2. The molecule has 6 aliphatic heterocycles. The number of hydrogen-bond acceptors (Lipinski definition) is 15. The quantitative estimate of drug-likeness (QED) is 0.0594. The molecule has 26 nitrogen and oxygen atoms in total. The number of nitrogens with zero attached hydrogens (tertiary/aromatic N) is 2. The van der Waals surface area contributed by atoms with Gasteiger partial charge in [0.1, 0.15) is 60.7 Å². The summed E-state index contributed by atoms with van der Waals surface area (Å²) in [4.78, 5) is 161. The number of likely N-dealkylation sites (N-methyl/N-ethyl adjacent to an activating group) is 2. The minimum atomic E-state index is -1.60. The maximum absolute atomic E-state index is 15.2. The van der Waals surface area contributed by atoms with Crippen molar-refractivity contribution >= 4 is 86.6 Å². The van der Waals surface area contributed by atoms with Crippen LogP contribution in [0.4, 0.5) is 0 Å². The highest BCUT2D eigenvalue weighted by atomic mass is 16.5. The lowest BCUT2D eigenvalue weighted by atomic mass is 9.85. The van der Waals surface area contributed by atoms with Gasteiger partial charge in [0.25, 0.3) is 5.91 Å². The standard InChI is InChI=1S/C82H95N11O15/c1-48(83-6)71(94)88-65(39-50-17-9-8-10-18-50)78(101)93-47-62-45-69(93)77(100)87-64(43-54-26-30-56-20-12-14-22-59(56)38-54)75(98)89-66(80(103)104)40-51-23-31-57(32-24-51)73(96)85-60-44-68(92(46-60)79(102)70(82(3,4)5)91-72(95)49(2)84-7)76(99)86-63(42-53-25-29-55-19-11-13-21-58(55)37-53)74(97)90-67(81(105)106)41-52-27-33-61(34-28-52)107-35-15-16-36-108-62/h8-34,37-38,48-49,60,62-70,83-84H,35-36,39-47H2,1-7H3,(H,85,96)(H,86,99)(H,87,100)(H,88,94)(H,89,98)(H,90,97)(H,91,95)(H,103,104)(H,105,106)/b16-15+/t48-,49-,60-,62-,63-,64-,65-,66-,67-,68-,69-,70+/m0/s1. The minimum absolute atomic E-state index is 0.00338. The number of nitrogens with one attached hydrogen (secondary N) is 9. The van der Waals surface area contributed by atoms with Crippen molar-refractivity contribution in [2.45, 2.75) is 152 Å². The van der Waals surface area contributed by atoms with Gasteiger partial charge in [-0.25, -0.2) is 9.59 Å². The average Bonchev–Trinajstić information content (AvgIpc) is 1.62.